The van der Waals surface area contributed by atoms with Crippen LogP contribution in [-0.2, 0) is 6.42 Å². The lowest BCUT2D eigenvalue weighted by molar-refractivity contribution is 0.0709. The number of fused-ring (bicyclic) bond motifs is 1. The Morgan fingerprint density at radius 3 is 2.26 bits per heavy atom. The van der Waals surface area contributed by atoms with Gasteiger partial charge in [0.25, 0.3) is 11.8 Å². The van der Waals surface area contributed by atoms with Gasteiger partial charge in [-0.15, -0.1) is 0 Å². The molecule has 180 valence electrons. The zero-order chi connectivity index (χ0) is 24.4. The first-order valence-electron chi connectivity index (χ1n) is 12.1. The van der Waals surface area contributed by atoms with Gasteiger partial charge in [-0.3, -0.25) is 14.6 Å². The topological polar surface area (TPSA) is 82.5 Å². The first kappa shape index (κ1) is 23.0. The van der Waals surface area contributed by atoms with Gasteiger partial charge in [-0.05, 0) is 61.1 Å². The molecule has 5 rings (SSSR count). The molecule has 35 heavy (non-hydrogen) atoms. The van der Waals surface area contributed by atoms with Gasteiger partial charge < -0.3 is 14.7 Å². The van der Waals surface area contributed by atoms with Crippen molar-refractivity contribution in [1.29, 1.82) is 0 Å². The third kappa shape index (κ3) is 4.60. The highest BCUT2D eigenvalue weighted by Crippen LogP contribution is 2.36. The number of hydrogen-bond acceptors (Lipinski definition) is 6. The molecule has 2 aromatic heterocycles. The summed E-state index contributed by atoms with van der Waals surface area (Å²) in [5, 5.41) is 0. The number of carbonyl (C=O) groups excluding carboxylic acids is 2. The van der Waals surface area contributed by atoms with Crippen molar-refractivity contribution < 1.29 is 9.59 Å². The Labute approximate surface area is 205 Å². The normalized spacial score (nSPS) is 17.7. The summed E-state index contributed by atoms with van der Waals surface area (Å²) >= 11 is 0. The van der Waals surface area contributed by atoms with Crippen molar-refractivity contribution in [2.24, 2.45) is 0 Å². The van der Waals surface area contributed by atoms with Gasteiger partial charge in [-0.2, -0.15) is 0 Å². The second-order valence-electron chi connectivity index (χ2n) is 9.35. The summed E-state index contributed by atoms with van der Waals surface area (Å²) in [7, 11) is 3.72. The van der Waals surface area contributed by atoms with Crippen molar-refractivity contribution in [3.8, 4) is 0 Å². The van der Waals surface area contributed by atoms with Gasteiger partial charge in [0.2, 0.25) is 0 Å². The van der Waals surface area contributed by atoms with E-state index in [0.29, 0.717) is 11.1 Å². The fourth-order valence-corrected chi connectivity index (χ4v) is 5.31. The van der Waals surface area contributed by atoms with E-state index in [1.807, 2.05) is 61.7 Å². The van der Waals surface area contributed by atoms with Crippen LogP contribution in [0.2, 0.25) is 0 Å². The molecule has 1 aliphatic carbocycles. The van der Waals surface area contributed by atoms with Crippen LogP contribution in [-0.4, -0.2) is 69.8 Å². The van der Waals surface area contributed by atoms with Crippen LogP contribution in [0.4, 0.5) is 5.69 Å². The fourth-order valence-electron chi connectivity index (χ4n) is 5.31. The van der Waals surface area contributed by atoms with E-state index < -0.39 is 0 Å². The summed E-state index contributed by atoms with van der Waals surface area (Å²) < 4.78 is 0. The minimum Gasteiger partial charge on any atom is -0.371 e. The monoisotopic (exact) mass is 470 g/mol. The van der Waals surface area contributed by atoms with Crippen LogP contribution in [0.1, 0.15) is 57.1 Å². The Morgan fingerprint density at radius 1 is 0.857 bits per heavy atom. The van der Waals surface area contributed by atoms with Crippen molar-refractivity contribution in [2.45, 2.75) is 37.8 Å². The zero-order valence-corrected chi connectivity index (χ0v) is 20.2. The Kier molecular flexibility index (Phi) is 6.44. The highest BCUT2D eigenvalue weighted by Gasteiger charge is 2.31. The maximum absolute atomic E-state index is 13.4. The van der Waals surface area contributed by atoms with E-state index in [-0.39, 0.29) is 23.9 Å². The third-order valence-electron chi connectivity index (χ3n) is 7.39. The minimum absolute atomic E-state index is 0.0336. The summed E-state index contributed by atoms with van der Waals surface area (Å²) in [4.78, 5) is 44.4. The number of aryl methyl sites for hydroxylation is 1. The van der Waals surface area contributed by atoms with Crippen molar-refractivity contribution in [3.63, 3.8) is 0 Å². The maximum Gasteiger partial charge on any atom is 0.257 e. The fraction of sp³-hybridized carbons (Fsp3) is 0.370. The van der Waals surface area contributed by atoms with E-state index in [0.717, 1.165) is 44.3 Å². The van der Waals surface area contributed by atoms with Crippen LogP contribution < -0.4 is 4.90 Å². The Morgan fingerprint density at radius 2 is 1.54 bits per heavy atom. The molecule has 3 heterocycles. The van der Waals surface area contributed by atoms with Crippen molar-refractivity contribution in [1.82, 2.24) is 24.8 Å². The smallest absolute Gasteiger partial charge is 0.257 e. The number of carbonyl (C=O) groups is 2. The van der Waals surface area contributed by atoms with Crippen LogP contribution in [0.5, 0.6) is 0 Å². The van der Waals surface area contributed by atoms with E-state index in [2.05, 4.69) is 19.9 Å². The Hall–Kier alpha value is -3.81. The average Bonchev–Trinajstić information content (AvgIpc) is 3.36. The summed E-state index contributed by atoms with van der Waals surface area (Å²) in [6.45, 7) is 1.82. The van der Waals surface area contributed by atoms with Crippen LogP contribution >= 0.6 is 0 Å². The average molecular weight is 471 g/mol. The quantitative estimate of drug-likeness (QED) is 0.569. The Balaban J connectivity index is 1.27. The Bertz CT molecular complexity index is 1190. The summed E-state index contributed by atoms with van der Waals surface area (Å²) in [5.41, 5.74) is 4.58. The number of piperidine rings is 1. The standard InChI is InChI=1S/C27H30N6O2/c1-31(22-9-13-33(14-10-22)23-7-11-28-12-8-23)26(34)20-4-3-19-5-6-25(24(19)15-20)32(2)27(35)21-16-29-18-30-17-21/h3-4,7-8,11-12,15-18,22,25H,5-6,9-10,13-14H2,1-2H3. The summed E-state index contributed by atoms with van der Waals surface area (Å²) in [6.07, 6.45) is 11.7. The largest absolute Gasteiger partial charge is 0.371 e. The molecule has 0 saturated carbocycles. The molecule has 1 aliphatic heterocycles. The van der Waals surface area contributed by atoms with Gasteiger partial charge in [0, 0.05) is 69.3 Å². The molecule has 3 aromatic rings. The van der Waals surface area contributed by atoms with Crippen molar-refractivity contribution in [2.75, 3.05) is 32.1 Å². The van der Waals surface area contributed by atoms with E-state index in [1.165, 1.54) is 30.0 Å². The molecular weight excluding hydrogens is 440 g/mol. The highest BCUT2D eigenvalue weighted by molar-refractivity contribution is 5.95. The molecule has 1 atom stereocenters. The first-order valence-corrected chi connectivity index (χ1v) is 12.1. The minimum atomic E-state index is -0.113. The molecule has 8 heteroatoms. The molecule has 0 spiro atoms. The van der Waals surface area contributed by atoms with Gasteiger partial charge in [0.05, 0.1) is 11.6 Å². The number of benzene rings is 1. The predicted octanol–water partition coefficient (Wildman–Crippen LogP) is 3.37. The maximum atomic E-state index is 13.4. The molecule has 8 nitrogen and oxygen atoms in total. The van der Waals surface area contributed by atoms with Crippen LogP contribution in [0, 0.1) is 0 Å². The van der Waals surface area contributed by atoms with Crippen molar-refractivity contribution in [3.05, 3.63) is 83.7 Å². The molecule has 1 saturated heterocycles. The molecule has 1 fully saturated rings. The first-order chi connectivity index (χ1) is 17.0. The lowest BCUT2D eigenvalue weighted by Crippen LogP contribution is -2.45. The number of hydrogen-bond donors (Lipinski definition) is 0. The number of pyridine rings is 1. The predicted molar refractivity (Wildman–Crippen MR) is 133 cm³/mol. The van der Waals surface area contributed by atoms with Crippen molar-refractivity contribution >= 4 is 17.5 Å². The van der Waals surface area contributed by atoms with Crippen LogP contribution in [0.15, 0.2) is 61.4 Å². The molecule has 0 radical (unpaired) electrons. The number of nitrogens with zero attached hydrogens (tertiary/aromatic N) is 6. The number of amides is 2. The van der Waals surface area contributed by atoms with Gasteiger partial charge in [-0.25, -0.2) is 9.97 Å². The number of anilines is 1. The summed E-state index contributed by atoms with van der Waals surface area (Å²) in [5.74, 6) is -0.0792. The van der Waals surface area contributed by atoms with Crippen LogP contribution in [0.3, 0.4) is 0 Å². The van der Waals surface area contributed by atoms with Gasteiger partial charge >= 0.3 is 0 Å². The lowest BCUT2D eigenvalue weighted by atomic mass is 9.99. The molecule has 0 bridgehead atoms. The van der Waals surface area contributed by atoms with Gasteiger partial charge in [0.1, 0.15) is 6.33 Å². The van der Waals surface area contributed by atoms with E-state index in [1.54, 1.807) is 4.90 Å². The number of rotatable bonds is 5. The van der Waals surface area contributed by atoms with Crippen LogP contribution in [0.25, 0.3) is 0 Å². The van der Waals surface area contributed by atoms with Gasteiger partial charge in [0.15, 0.2) is 0 Å². The molecule has 2 aliphatic rings. The SMILES string of the molecule is CN(C(=O)c1ccc2c(c1)C(N(C)C(=O)c1cncnc1)CC2)C1CCN(c2ccncc2)CC1. The second-order valence-corrected chi connectivity index (χ2v) is 9.35. The third-order valence-corrected chi connectivity index (χ3v) is 7.39. The van der Waals surface area contributed by atoms with E-state index >= 15 is 0 Å². The zero-order valence-electron chi connectivity index (χ0n) is 20.2. The summed E-state index contributed by atoms with van der Waals surface area (Å²) in [6, 6.07) is 10.2. The molecular formula is C27H30N6O2. The molecule has 0 N–H and O–H groups in total. The highest BCUT2D eigenvalue weighted by atomic mass is 16.2. The molecule has 1 unspecified atom stereocenters. The molecule has 1 aromatic carbocycles. The second kappa shape index (κ2) is 9.82. The van der Waals surface area contributed by atoms with E-state index in [4.69, 9.17) is 0 Å². The number of aromatic nitrogens is 3. The van der Waals surface area contributed by atoms with Gasteiger partial charge in [-0.1, -0.05) is 6.07 Å². The lowest BCUT2D eigenvalue weighted by Gasteiger charge is -2.38. The van der Waals surface area contributed by atoms with E-state index in [9.17, 15) is 9.59 Å². The molecule has 2 amide bonds.